The molecule has 10 heteroatoms. The monoisotopic (exact) mass is 614 g/mol. The fraction of sp³-hybridized carbons (Fsp3) is 0.400. The first kappa shape index (κ1) is 33.3. The zero-order valence-electron chi connectivity index (χ0n) is 27.2. The number of urea groups is 1. The third-order valence-corrected chi connectivity index (χ3v) is 7.66. The van der Waals surface area contributed by atoms with Gasteiger partial charge in [0, 0.05) is 50.2 Å². The van der Waals surface area contributed by atoms with E-state index in [1.807, 2.05) is 60.3 Å². The second kappa shape index (κ2) is 14.9. The number of ether oxygens (including phenoxy) is 1. The van der Waals surface area contributed by atoms with Crippen LogP contribution in [0, 0.1) is 0 Å². The maximum atomic E-state index is 13.6. The van der Waals surface area contributed by atoms with Gasteiger partial charge in [-0.3, -0.25) is 15.0 Å². The van der Waals surface area contributed by atoms with E-state index in [0.29, 0.717) is 36.1 Å². The Bertz CT molecular complexity index is 1450. The van der Waals surface area contributed by atoms with Crippen LogP contribution in [0.15, 0.2) is 72.8 Å². The number of nitrogens with one attached hydrogen (secondary N) is 3. The molecule has 0 aliphatic carbocycles. The van der Waals surface area contributed by atoms with Gasteiger partial charge in [0.25, 0.3) is 5.91 Å². The van der Waals surface area contributed by atoms with Crippen molar-refractivity contribution in [1.29, 1.82) is 0 Å². The number of hydrogen-bond acceptors (Lipinski definition) is 6. The summed E-state index contributed by atoms with van der Waals surface area (Å²) in [6, 6.07) is 22.1. The number of benzene rings is 3. The van der Waals surface area contributed by atoms with Crippen LogP contribution in [0.4, 0.5) is 32.3 Å². The van der Waals surface area contributed by atoms with E-state index in [1.165, 1.54) is 0 Å². The first-order chi connectivity index (χ1) is 21.4. The zero-order chi connectivity index (χ0) is 32.6. The molecule has 0 bridgehead atoms. The third kappa shape index (κ3) is 9.71. The maximum absolute atomic E-state index is 13.6. The molecule has 0 spiro atoms. The smallest absolute Gasteiger partial charge is 0.412 e. The summed E-state index contributed by atoms with van der Waals surface area (Å²) in [5.74, 6) is -0.319. The highest BCUT2D eigenvalue weighted by molar-refractivity contribution is 6.06. The molecule has 0 saturated carbocycles. The average Bonchev–Trinajstić information content (AvgIpc) is 3.44. The molecule has 1 aliphatic heterocycles. The molecule has 1 heterocycles. The van der Waals surface area contributed by atoms with Gasteiger partial charge < -0.3 is 25.2 Å². The molecule has 3 aromatic carbocycles. The number of amides is 4. The maximum Gasteiger partial charge on any atom is 0.412 e. The Kier molecular flexibility index (Phi) is 11.1. The first-order valence-corrected chi connectivity index (χ1v) is 15.5. The quantitative estimate of drug-likeness (QED) is 0.230. The summed E-state index contributed by atoms with van der Waals surface area (Å²) in [7, 11) is 3.96. The molecular weight excluding hydrogens is 568 g/mol. The lowest BCUT2D eigenvalue weighted by molar-refractivity contribution is 0.0635. The van der Waals surface area contributed by atoms with Crippen molar-refractivity contribution in [3.63, 3.8) is 0 Å². The van der Waals surface area contributed by atoms with Gasteiger partial charge in [-0.1, -0.05) is 31.2 Å². The lowest BCUT2D eigenvalue weighted by Crippen LogP contribution is -2.44. The van der Waals surface area contributed by atoms with E-state index < -0.39 is 11.7 Å². The van der Waals surface area contributed by atoms with Gasteiger partial charge in [-0.05, 0) is 101 Å². The first-order valence-electron chi connectivity index (χ1n) is 15.5. The number of para-hydroxylation sites is 2. The fourth-order valence-electron chi connectivity index (χ4n) is 5.33. The average molecular weight is 615 g/mol. The molecule has 4 rings (SSSR count). The van der Waals surface area contributed by atoms with Crippen LogP contribution in [0.2, 0.25) is 0 Å². The molecular formula is C35H46N6O4. The number of likely N-dealkylation sites (N-methyl/N-ethyl adjacent to an activating group) is 1. The Balaban J connectivity index is 1.44. The number of rotatable bonds is 10. The van der Waals surface area contributed by atoms with Crippen molar-refractivity contribution in [2.75, 3.05) is 54.6 Å². The summed E-state index contributed by atoms with van der Waals surface area (Å²) in [5.41, 5.74) is 3.40. The molecule has 0 aromatic heterocycles. The van der Waals surface area contributed by atoms with Crippen LogP contribution < -0.4 is 20.9 Å². The number of anilines is 4. The second-order valence-electron chi connectivity index (χ2n) is 12.5. The van der Waals surface area contributed by atoms with Gasteiger partial charge in [0.15, 0.2) is 0 Å². The number of hydrogen-bond donors (Lipinski definition) is 3. The van der Waals surface area contributed by atoms with Gasteiger partial charge in [-0.15, -0.1) is 0 Å². The van der Waals surface area contributed by atoms with Crippen molar-refractivity contribution < 1.29 is 19.1 Å². The highest BCUT2D eigenvalue weighted by Crippen LogP contribution is 2.24. The summed E-state index contributed by atoms with van der Waals surface area (Å²) in [6.45, 7) is 10.5. The van der Waals surface area contributed by atoms with E-state index in [4.69, 9.17) is 4.74 Å². The minimum atomic E-state index is -0.649. The minimum absolute atomic E-state index is 0.161. The summed E-state index contributed by atoms with van der Waals surface area (Å²) in [6.07, 6.45) is 1.58. The molecule has 1 aliphatic rings. The van der Waals surface area contributed by atoms with E-state index in [2.05, 4.69) is 27.8 Å². The van der Waals surface area contributed by atoms with Crippen molar-refractivity contribution in [3.8, 4) is 0 Å². The Labute approximate surface area is 266 Å². The second-order valence-corrected chi connectivity index (χ2v) is 12.5. The SMILES string of the molecule is CCN1CCCC1CN(Cc1ccc(C(=O)Nc2ccccc2NC(=O)OC(C)(C)C)cc1)C(=O)Nc1ccc(N(C)C)cc1. The van der Waals surface area contributed by atoms with Gasteiger partial charge >= 0.3 is 12.1 Å². The molecule has 45 heavy (non-hydrogen) atoms. The largest absolute Gasteiger partial charge is 0.444 e. The van der Waals surface area contributed by atoms with Crippen LogP contribution in [0.5, 0.6) is 0 Å². The number of carbonyl (C=O) groups excluding carboxylic acids is 3. The van der Waals surface area contributed by atoms with E-state index in [-0.39, 0.29) is 11.9 Å². The molecule has 240 valence electrons. The van der Waals surface area contributed by atoms with E-state index in [0.717, 1.165) is 42.9 Å². The topological polar surface area (TPSA) is 106 Å². The molecule has 1 atom stereocenters. The number of carbonyl (C=O) groups is 3. The molecule has 1 fully saturated rings. The minimum Gasteiger partial charge on any atom is -0.444 e. The van der Waals surface area contributed by atoms with Crippen molar-refractivity contribution in [1.82, 2.24) is 9.80 Å². The highest BCUT2D eigenvalue weighted by Gasteiger charge is 2.27. The number of nitrogens with zero attached hydrogens (tertiary/aromatic N) is 3. The van der Waals surface area contributed by atoms with Gasteiger partial charge in [-0.2, -0.15) is 0 Å². The van der Waals surface area contributed by atoms with Crippen molar-refractivity contribution in [3.05, 3.63) is 83.9 Å². The Morgan fingerprint density at radius 1 is 0.889 bits per heavy atom. The highest BCUT2D eigenvalue weighted by atomic mass is 16.6. The van der Waals surface area contributed by atoms with Crippen molar-refractivity contribution in [2.24, 2.45) is 0 Å². The van der Waals surface area contributed by atoms with Gasteiger partial charge in [0.2, 0.25) is 0 Å². The third-order valence-electron chi connectivity index (χ3n) is 7.66. The zero-order valence-corrected chi connectivity index (χ0v) is 27.2. The van der Waals surface area contributed by atoms with Crippen LogP contribution in [-0.4, -0.2) is 73.2 Å². The fourth-order valence-corrected chi connectivity index (χ4v) is 5.33. The molecule has 4 amide bonds. The van der Waals surface area contributed by atoms with Crippen molar-refractivity contribution in [2.45, 2.75) is 58.7 Å². The molecule has 10 nitrogen and oxygen atoms in total. The van der Waals surface area contributed by atoms with E-state index in [1.54, 1.807) is 57.2 Å². The standard InChI is InChI=1S/C35H46N6O4/c1-7-40-22-10-11-29(40)24-41(33(43)36-27-18-20-28(21-19-27)39(5)6)23-25-14-16-26(17-15-25)32(42)37-30-12-8-9-13-31(30)38-34(44)45-35(2,3)4/h8-9,12-21,29H,7,10-11,22-24H2,1-6H3,(H,36,43)(H,37,42)(H,38,44). The molecule has 3 N–H and O–H groups in total. The van der Waals surface area contributed by atoms with Gasteiger partial charge in [0.05, 0.1) is 11.4 Å². The number of likely N-dealkylation sites (tertiary alicyclic amines) is 1. The Morgan fingerprint density at radius 2 is 1.53 bits per heavy atom. The Hall–Kier alpha value is -4.57. The summed E-state index contributed by atoms with van der Waals surface area (Å²) in [4.78, 5) is 45.3. The van der Waals surface area contributed by atoms with Crippen LogP contribution in [0.1, 0.15) is 56.5 Å². The van der Waals surface area contributed by atoms with E-state index >= 15 is 0 Å². The van der Waals surface area contributed by atoms with Crippen molar-refractivity contribution >= 4 is 40.8 Å². The molecule has 3 aromatic rings. The normalized spacial score (nSPS) is 14.8. The lowest BCUT2D eigenvalue weighted by Gasteiger charge is -2.30. The predicted molar refractivity (Wildman–Crippen MR) is 181 cm³/mol. The van der Waals surface area contributed by atoms with Crippen LogP contribution in [0.25, 0.3) is 0 Å². The van der Waals surface area contributed by atoms with Gasteiger partial charge in [0.1, 0.15) is 5.60 Å². The predicted octanol–water partition coefficient (Wildman–Crippen LogP) is 6.87. The molecule has 1 unspecified atom stereocenters. The molecule has 1 saturated heterocycles. The molecule has 0 radical (unpaired) electrons. The van der Waals surface area contributed by atoms with Crippen LogP contribution >= 0.6 is 0 Å². The van der Waals surface area contributed by atoms with Crippen LogP contribution in [-0.2, 0) is 11.3 Å². The van der Waals surface area contributed by atoms with Gasteiger partial charge in [-0.25, -0.2) is 9.59 Å². The summed E-state index contributed by atoms with van der Waals surface area (Å²) >= 11 is 0. The lowest BCUT2D eigenvalue weighted by atomic mass is 10.1. The summed E-state index contributed by atoms with van der Waals surface area (Å²) in [5, 5.41) is 8.65. The van der Waals surface area contributed by atoms with E-state index in [9.17, 15) is 14.4 Å². The Morgan fingerprint density at radius 3 is 2.13 bits per heavy atom. The van der Waals surface area contributed by atoms with Crippen LogP contribution in [0.3, 0.4) is 0 Å². The summed E-state index contributed by atoms with van der Waals surface area (Å²) < 4.78 is 5.35.